The molecular formula is C9H16O5Si2. The van der Waals surface area contributed by atoms with Gasteiger partial charge in [0.2, 0.25) is 0 Å². The summed E-state index contributed by atoms with van der Waals surface area (Å²) in [7, 11) is -3.90. The van der Waals surface area contributed by atoms with E-state index in [1.54, 1.807) is 0 Å². The van der Waals surface area contributed by atoms with Crippen LogP contribution >= 0.6 is 0 Å². The topological polar surface area (TPSA) is 68.2 Å². The molecule has 0 aliphatic rings. The van der Waals surface area contributed by atoms with Crippen molar-refractivity contribution in [2.75, 3.05) is 0 Å². The minimum atomic E-state index is -4.16. The first-order chi connectivity index (χ1) is 7.59. The summed E-state index contributed by atoms with van der Waals surface area (Å²) in [6, 6.07) is 9.34. The van der Waals surface area contributed by atoms with Gasteiger partial charge in [-0.15, -0.1) is 0 Å². The fraction of sp³-hybridized carbons (Fsp3) is 0.333. The Labute approximate surface area is 98.6 Å². The quantitative estimate of drug-likeness (QED) is 0.421. The Morgan fingerprint density at radius 2 is 1.94 bits per heavy atom. The van der Waals surface area contributed by atoms with Gasteiger partial charge in [-0.1, -0.05) is 37.3 Å². The van der Waals surface area contributed by atoms with E-state index in [0.717, 1.165) is 5.56 Å². The molecular weight excluding hydrogens is 244 g/mol. The molecule has 1 aromatic carbocycles. The average molecular weight is 260 g/mol. The van der Waals surface area contributed by atoms with Gasteiger partial charge in [-0.25, -0.2) is 4.58 Å². The fourth-order valence-electron chi connectivity index (χ4n) is 1.37. The molecule has 0 aromatic heterocycles. The van der Waals surface area contributed by atoms with E-state index < -0.39 is 15.2 Å². The van der Waals surface area contributed by atoms with Crippen LogP contribution in [-0.4, -0.2) is 29.1 Å². The molecule has 0 amide bonds. The van der Waals surface area contributed by atoms with Crippen molar-refractivity contribution < 1.29 is 23.2 Å². The standard InChI is InChI=1S/C9H16O5Si2/c1-2-9(8-6-4-3-5-7-8)12-16(10,11)14-13-15/h3-7,9-11H,2H2,1,15H3. The maximum atomic E-state index is 9.42. The van der Waals surface area contributed by atoms with Crippen LogP contribution in [0.2, 0.25) is 0 Å². The predicted molar refractivity (Wildman–Crippen MR) is 62.9 cm³/mol. The molecule has 1 rings (SSSR count). The van der Waals surface area contributed by atoms with E-state index in [0.29, 0.717) is 6.42 Å². The van der Waals surface area contributed by atoms with Crippen molar-refractivity contribution in [1.82, 2.24) is 0 Å². The van der Waals surface area contributed by atoms with E-state index in [4.69, 9.17) is 4.43 Å². The van der Waals surface area contributed by atoms with Crippen LogP contribution in [0.25, 0.3) is 0 Å². The van der Waals surface area contributed by atoms with Gasteiger partial charge in [-0.05, 0) is 12.0 Å². The van der Waals surface area contributed by atoms with E-state index in [1.807, 2.05) is 37.3 Å². The van der Waals surface area contributed by atoms with Crippen molar-refractivity contribution in [3.05, 3.63) is 35.9 Å². The Morgan fingerprint density at radius 3 is 2.44 bits per heavy atom. The van der Waals surface area contributed by atoms with Gasteiger partial charge in [0.1, 0.15) is 0 Å². The Kier molecular flexibility index (Phi) is 5.28. The van der Waals surface area contributed by atoms with Crippen LogP contribution in [0.1, 0.15) is 25.0 Å². The van der Waals surface area contributed by atoms with Gasteiger partial charge >= 0.3 is 9.05 Å². The van der Waals surface area contributed by atoms with Gasteiger partial charge in [0.05, 0.1) is 6.10 Å². The second-order valence-corrected chi connectivity index (χ2v) is 5.06. The van der Waals surface area contributed by atoms with Gasteiger partial charge in [-0.2, -0.15) is 0 Å². The lowest BCUT2D eigenvalue weighted by Gasteiger charge is -2.22. The fourth-order valence-corrected chi connectivity index (χ4v) is 2.95. The van der Waals surface area contributed by atoms with Crippen molar-refractivity contribution in [2.24, 2.45) is 0 Å². The first kappa shape index (κ1) is 13.5. The van der Waals surface area contributed by atoms with Crippen LogP contribution in [0, 0.1) is 0 Å². The molecule has 7 heteroatoms. The zero-order chi connectivity index (χ0) is 12.0. The lowest BCUT2D eigenvalue weighted by molar-refractivity contribution is -0.189. The van der Waals surface area contributed by atoms with Crippen molar-refractivity contribution in [3.63, 3.8) is 0 Å². The largest absolute Gasteiger partial charge is 0.701 e. The van der Waals surface area contributed by atoms with E-state index >= 15 is 0 Å². The molecule has 1 atom stereocenters. The third kappa shape index (κ3) is 4.14. The summed E-state index contributed by atoms with van der Waals surface area (Å²) in [5, 5.41) is 0. The number of hydrogen-bond donors (Lipinski definition) is 2. The molecule has 0 spiro atoms. The zero-order valence-corrected chi connectivity index (χ0v) is 12.3. The maximum Gasteiger partial charge on any atom is 0.701 e. The van der Waals surface area contributed by atoms with Crippen LogP contribution in [-0.2, 0) is 13.6 Å². The van der Waals surface area contributed by atoms with Crippen LogP contribution < -0.4 is 0 Å². The highest BCUT2D eigenvalue weighted by Crippen LogP contribution is 2.23. The first-order valence-corrected chi connectivity index (χ1v) is 7.51. The SMILES string of the molecule is CCC(O[Si](O)(O)OO[SiH3])c1ccccc1. The summed E-state index contributed by atoms with van der Waals surface area (Å²) in [6.07, 6.45) is 0.212. The summed E-state index contributed by atoms with van der Waals surface area (Å²) in [5.41, 5.74) is 0.877. The normalized spacial score (nSPS) is 13.9. The number of rotatable bonds is 6. The summed E-state index contributed by atoms with van der Waals surface area (Å²) in [4.78, 5) is 18.8. The highest BCUT2D eigenvalue weighted by atomic mass is 28.4. The first-order valence-electron chi connectivity index (χ1n) is 4.98. The Hall–Kier alpha value is -0.546. The predicted octanol–water partition coefficient (Wildman–Crippen LogP) is -0.197. The third-order valence-electron chi connectivity index (χ3n) is 2.03. The minimum absolute atomic E-state index is 0.254. The van der Waals surface area contributed by atoms with Crippen molar-refractivity contribution in [3.8, 4) is 0 Å². The summed E-state index contributed by atoms with van der Waals surface area (Å²) in [6.45, 7) is 1.89. The molecule has 1 aromatic rings. The maximum absolute atomic E-state index is 9.42. The Morgan fingerprint density at radius 1 is 1.31 bits per heavy atom. The van der Waals surface area contributed by atoms with Gasteiger partial charge in [0, 0.05) is 0 Å². The molecule has 0 saturated carbocycles. The number of hydrogen-bond acceptors (Lipinski definition) is 5. The van der Waals surface area contributed by atoms with Gasteiger partial charge in [0.25, 0.3) is 0 Å². The Balaban J connectivity index is 2.69. The number of benzene rings is 1. The second kappa shape index (κ2) is 6.25. The summed E-state index contributed by atoms with van der Waals surface area (Å²) >= 11 is 0. The van der Waals surface area contributed by atoms with Crippen LogP contribution in [0.5, 0.6) is 0 Å². The monoisotopic (exact) mass is 260 g/mol. The van der Waals surface area contributed by atoms with Crippen LogP contribution in [0.4, 0.5) is 0 Å². The molecule has 0 saturated heterocycles. The third-order valence-corrected chi connectivity index (χ3v) is 3.51. The highest BCUT2D eigenvalue weighted by molar-refractivity contribution is 6.50. The molecule has 2 N–H and O–H groups in total. The molecule has 90 valence electrons. The van der Waals surface area contributed by atoms with Gasteiger partial charge in [0.15, 0.2) is 10.5 Å². The molecule has 0 aliphatic carbocycles. The minimum Gasteiger partial charge on any atom is -0.366 e. The van der Waals surface area contributed by atoms with E-state index in [2.05, 4.69) is 9.15 Å². The zero-order valence-electron chi connectivity index (χ0n) is 9.29. The van der Waals surface area contributed by atoms with Crippen molar-refractivity contribution in [1.29, 1.82) is 0 Å². The lowest BCUT2D eigenvalue weighted by atomic mass is 10.1. The van der Waals surface area contributed by atoms with Crippen molar-refractivity contribution >= 4 is 19.5 Å². The molecule has 0 radical (unpaired) electrons. The second-order valence-electron chi connectivity index (χ2n) is 3.22. The molecule has 5 nitrogen and oxygen atoms in total. The van der Waals surface area contributed by atoms with Gasteiger partial charge < -0.3 is 18.6 Å². The lowest BCUT2D eigenvalue weighted by Crippen LogP contribution is -2.43. The molecule has 0 fully saturated rings. The van der Waals surface area contributed by atoms with E-state index in [9.17, 15) is 9.59 Å². The molecule has 0 aliphatic heterocycles. The van der Waals surface area contributed by atoms with Crippen molar-refractivity contribution in [2.45, 2.75) is 19.4 Å². The van der Waals surface area contributed by atoms with E-state index in [1.165, 1.54) is 0 Å². The molecule has 0 bridgehead atoms. The smallest absolute Gasteiger partial charge is 0.366 e. The Bertz CT molecular complexity index is 306. The highest BCUT2D eigenvalue weighted by Gasteiger charge is 2.40. The molecule has 1 unspecified atom stereocenters. The molecule has 0 heterocycles. The van der Waals surface area contributed by atoms with Crippen LogP contribution in [0.3, 0.4) is 0 Å². The average Bonchev–Trinajstić information content (AvgIpc) is 2.27. The summed E-state index contributed by atoms with van der Waals surface area (Å²) in [5.74, 6) is 0. The van der Waals surface area contributed by atoms with Crippen LogP contribution in [0.15, 0.2) is 30.3 Å². The molecule has 16 heavy (non-hydrogen) atoms. The van der Waals surface area contributed by atoms with E-state index in [-0.39, 0.29) is 10.5 Å². The summed E-state index contributed by atoms with van der Waals surface area (Å²) < 4.78 is 13.9. The van der Waals surface area contributed by atoms with Gasteiger partial charge in [-0.3, -0.25) is 0 Å².